The number of carbonyl (C=O) groups excluding carboxylic acids is 2. The maximum atomic E-state index is 11.3. The summed E-state index contributed by atoms with van der Waals surface area (Å²) in [6, 6.07) is 0. The zero-order valence-electron chi connectivity index (χ0n) is 9.77. The number of Topliss-reactive ketones (excluding diaryl/α,β-unsaturated/α-hetero) is 1. The van der Waals surface area contributed by atoms with Crippen LogP contribution in [0.15, 0.2) is 0 Å². The topological polar surface area (TPSA) is 46.2 Å². The van der Waals surface area contributed by atoms with Gasteiger partial charge in [0.1, 0.15) is 5.78 Å². The number of hydrogen-bond acceptors (Lipinski definition) is 2. The minimum Gasteiger partial charge on any atom is -0.355 e. The van der Waals surface area contributed by atoms with Crippen molar-refractivity contribution < 1.29 is 9.59 Å². The first kappa shape index (κ1) is 12.2. The lowest BCUT2D eigenvalue weighted by atomic mass is 9.76. The molecule has 0 aliphatic heterocycles. The molecule has 0 saturated heterocycles. The van der Waals surface area contributed by atoms with E-state index in [-0.39, 0.29) is 23.5 Å². The lowest BCUT2D eigenvalue weighted by Crippen LogP contribution is -2.37. The molecular formula is C12H21NO2. The van der Waals surface area contributed by atoms with Gasteiger partial charge in [0, 0.05) is 6.54 Å². The Labute approximate surface area is 91.6 Å². The second-order valence-corrected chi connectivity index (χ2v) is 5.03. The number of hydrogen-bond donors (Lipinski definition) is 1. The Balaban J connectivity index is 2.28. The molecule has 3 heteroatoms. The Bertz CT molecular complexity index is 242. The van der Waals surface area contributed by atoms with Crippen LogP contribution < -0.4 is 5.32 Å². The maximum Gasteiger partial charge on any atom is 0.227 e. The number of nitrogens with one attached hydrogen (secondary N) is 1. The van der Waals surface area contributed by atoms with Crippen molar-refractivity contribution in [2.24, 2.45) is 5.41 Å². The predicted molar refractivity (Wildman–Crippen MR) is 59.5 cm³/mol. The third-order valence-electron chi connectivity index (χ3n) is 3.18. The van der Waals surface area contributed by atoms with Crippen molar-refractivity contribution in [3.05, 3.63) is 0 Å². The van der Waals surface area contributed by atoms with E-state index in [1.165, 1.54) is 39.0 Å². The molecule has 0 bridgehead atoms. The summed E-state index contributed by atoms with van der Waals surface area (Å²) in [5.41, 5.74) is 0.255. The van der Waals surface area contributed by atoms with Gasteiger partial charge in [-0.3, -0.25) is 9.59 Å². The van der Waals surface area contributed by atoms with Gasteiger partial charge in [-0.25, -0.2) is 0 Å². The van der Waals surface area contributed by atoms with Gasteiger partial charge in [-0.15, -0.1) is 0 Å². The maximum absolute atomic E-state index is 11.3. The third-order valence-corrected chi connectivity index (χ3v) is 3.18. The number of ketones is 1. The number of amides is 1. The molecule has 0 unspecified atom stereocenters. The van der Waals surface area contributed by atoms with E-state index in [9.17, 15) is 9.59 Å². The van der Waals surface area contributed by atoms with E-state index in [0.29, 0.717) is 0 Å². The van der Waals surface area contributed by atoms with Gasteiger partial charge in [0.15, 0.2) is 0 Å². The summed E-state index contributed by atoms with van der Waals surface area (Å²) in [4.78, 5) is 22.0. The molecule has 0 aromatic rings. The van der Waals surface area contributed by atoms with Crippen LogP contribution in [-0.4, -0.2) is 18.2 Å². The van der Waals surface area contributed by atoms with Gasteiger partial charge in [-0.1, -0.05) is 26.2 Å². The molecule has 1 saturated carbocycles. The zero-order chi connectivity index (χ0) is 11.3. The smallest absolute Gasteiger partial charge is 0.227 e. The van der Waals surface area contributed by atoms with Crippen LogP contribution in [0.2, 0.25) is 0 Å². The van der Waals surface area contributed by atoms with Gasteiger partial charge in [0.05, 0.1) is 6.42 Å². The summed E-state index contributed by atoms with van der Waals surface area (Å²) >= 11 is 0. The van der Waals surface area contributed by atoms with Crippen LogP contribution in [0.5, 0.6) is 0 Å². The van der Waals surface area contributed by atoms with Crippen LogP contribution in [0.1, 0.15) is 52.4 Å². The van der Waals surface area contributed by atoms with Crippen molar-refractivity contribution in [1.82, 2.24) is 5.32 Å². The van der Waals surface area contributed by atoms with Gasteiger partial charge in [0.2, 0.25) is 5.91 Å². The van der Waals surface area contributed by atoms with E-state index in [0.717, 1.165) is 6.54 Å². The Morgan fingerprint density at radius 3 is 2.33 bits per heavy atom. The predicted octanol–water partition coefficient (Wildman–Crippen LogP) is 2.05. The van der Waals surface area contributed by atoms with E-state index >= 15 is 0 Å². The van der Waals surface area contributed by atoms with E-state index in [1.54, 1.807) is 0 Å². The zero-order valence-corrected chi connectivity index (χ0v) is 9.77. The van der Waals surface area contributed by atoms with Gasteiger partial charge in [0.25, 0.3) is 0 Å². The molecule has 0 heterocycles. The molecular weight excluding hydrogens is 190 g/mol. The molecule has 1 aliphatic rings. The molecule has 0 radical (unpaired) electrons. The first-order chi connectivity index (χ1) is 7.02. The van der Waals surface area contributed by atoms with Crippen molar-refractivity contribution in [2.45, 2.75) is 52.4 Å². The summed E-state index contributed by atoms with van der Waals surface area (Å²) in [5, 5.41) is 2.86. The fourth-order valence-corrected chi connectivity index (χ4v) is 2.18. The highest BCUT2D eigenvalue weighted by Gasteiger charge is 2.26. The van der Waals surface area contributed by atoms with Crippen molar-refractivity contribution in [3.63, 3.8) is 0 Å². The van der Waals surface area contributed by atoms with Gasteiger partial charge in [-0.05, 0) is 25.2 Å². The van der Waals surface area contributed by atoms with Crippen LogP contribution >= 0.6 is 0 Å². The van der Waals surface area contributed by atoms with E-state index in [2.05, 4.69) is 12.2 Å². The van der Waals surface area contributed by atoms with Gasteiger partial charge < -0.3 is 5.32 Å². The van der Waals surface area contributed by atoms with Crippen molar-refractivity contribution in [2.75, 3.05) is 6.54 Å². The van der Waals surface area contributed by atoms with Crippen LogP contribution in [0.3, 0.4) is 0 Å². The Kier molecular flexibility index (Phi) is 4.30. The molecule has 1 fully saturated rings. The van der Waals surface area contributed by atoms with E-state index < -0.39 is 0 Å². The summed E-state index contributed by atoms with van der Waals surface area (Å²) in [6.45, 7) is 4.39. The summed E-state index contributed by atoms with van der Waals surface area (Å²) < 4.78 is 0. The standard InChI is InChI=1S/C12H21NO2/c1-10(14)8-11(15)13-9-12(2)6-4-3-5-7-12/h3-9H2,1-2H3,(H,13,15). The Hall–Kier alpha value is -0.860. The second kappa shape index (κ2) is 5.29. The van der Waals surface area contributed by atoms with Gasteiger partial charge in [-0.2, -0.15) is 0 Å². The van der Waals surface area contributed by atoms with Crippen molar-refractivity contribution >= 4 is 11.7 Å². The normalized spacial score (nSPS) is 19.6. The lowest BCUT2D eigenvalue weighted by molar-refractivity contribution is -0.127. The average Bonchev–Trinajstić information content (AvgIpc) is 2.15. The highest BCUT2D eigenvalue weighted by molar-refractivity contribution is 5.96. The fraction of sp³-hybridized carbons (Fsp3) is 0.833. The highest BCUT2D eigenvalue weighted by atomic mass is 16.2. The molecule has 1 amide bonds. The fourth-order valence-electron chi connectivity index (χ4n) is 2.18. The molecule has 0 spiro atoms. The van der Waals surface area contributed by atoms with Crippen molar-refractivity contribution in [3.8, 4) is 0 Å². The highest BCUT2D eigenvalue weighted by Crippen LogP contribution is 2.34. The molecule has 0 aromatic heterocycles. The molecule has 1 N–H and O–H groups in total. The van der Waals surface area contributed by atoms with Gasteiger partial charge >= 0.3 is 0 Å². The molecule has 3 nitrogen and oxygen atoms in total. The first-order valence-electron chi connectivity index (χ1n) is 5.78. The monoisotopic (exact) mass is 211 g/mol. The molecule has 15 heavy (non-hydrogen) atoms. The quantitative estimate of drug-likeness (QED) is 0.723. The molecule has 1 aliphatic carbocycles. The van der Waals surface area contributed by atoms with E-state index in [4.69, 9.17) is 0 Å². The Morgan fingerprint density at radius 2 is 1.80 bits per heavy atom. The Morgan fingerprint density at radius 1 is 1.20 bits per heavy atom. The largest absolute Gasteiger partial charge is 0.355 e. The number of carbonyl (C=O) groups is 2. The van der Waals surface area contributed by atoms with Crippen LogP contribution in [0.25, 0.3) is 0 Å². The van der Waals surface area contributed by atoms with Crippen LogP contribution in [0.4, 0.5) is 0 Å². The minimum absolute atomic E-state index is 0.0239. The lowest BCUT2D eigenvalue weighted by Gasteiger charge is -2.33. The van der Waals surface area contributed by atoms with E-state index in [1.807, 2.05) is 0 Å². The average molecular weight is 211 g/mol. The first-order valence-corrected chi connectivity index (χ1v) is 5.78. The molecule has 0 aromatic carbocycles. The van der Waals surface area contributed by atoms with Crippen LogP contribution in [-0.2, 0) is 9.59 Å². The second-order valence-electron chi connectivity index (χ2n) is 5.03. The SMILES string of the molecule is CC(=O)CC(=O)NCC1(C)CCCCC1. The van der Waals surface area contributed by atoms with Crippen molar-refractivity contribution in [1.29, 1.82) is 0 Å². The third kappa shape index (κ3) is 4.45. The summed E-state index contributed by atoms with van der Waals surface area (Å²) in [7, 11) is 0. The van der Waals surface area contributed by atoms with Crippen LogP contribution in [0, 0.1) is 5.41 Å². The summed E-state index contributed by atoms with van der Waals surface area (Å²) in [5.74, 6) is -0.199. The summed E-state index contributed by atoms with van der Waals surface area (Å²) in [6.07, 6.45) is 6.24. The molecule has 0 atom stereocenters. The number of rotatable bonds is 4. The minimum atomic E-state index is -0.130. The molecule has 86 valence electrons. The molecule has 1 rings (SSSR count).